The number of aromatic amines is 1. The van der Waals surface area contributed by atoms with Gasteiger partial charge in [-0.2, -0.15) is 5.26 Å². The lowest BCUT2D eigenvalue weighted by molar-refractivity contribution is -0.119. The topological polar surface area (TPSA) is 98.6 Å². The normalized spacial score (nSPS) is 21.3. The van der Waals surface area contributed by atoms with Crippen molar-refractivity contribution in [1.82, 2.24) is 15.3 Å². The first kappa shape index (κ1) is 18.5. The Balaban J connectivity index is 1.49. The van der Waals surface area contributed by atoms with Crippen molar-refractivity contribution >= 4 is 39.2 Å². The average molecular weight is 403 g/mol. The molecule has 1 amide bonds. The Bertz CT molecular complexity index is 1000. The molecule has 2 aliphatic carbocycles. The molecule has 1 saturated carbocycles. The Labute approximate surface area is 165 Å². The van der Waals surface area contributed by atoms with Crippen molar-refractivity contribution in [2.45, 2.75) is 56.6 Å². The number of amides is 1. The van der Waals surface area contributed by atoms with E-state index in [1.807, 2.05) is 0 Å². The molecule has 0 unspecified atom stereocenters. The molecule has 8 heteroatoms. The predicted molar refractivity (Wildman–Crippen MR) is 107 cm³/mol. The van der Waals surface area contributed by atoms with Crippen LogP contribution in [0.2, 0.25) is 0 Å². The van der Waals surface area contributed by atoms with Crippen LogP contribution in [0.4, 0.5) is 0 Å². The van der Waals surface area contributed by atoms with Gasteiger partial charge in [0.2, 0.25) is 5.91 Å². The third kappa shape index (κ3) is 3.63. The fourth-order valence-corrected chi connectivity index (χ4v) is 5.84. The summed E-state index contributed by atoms with van der Waals surface area (Å²) in [4.78, 5) is 34.3. The van der Waals surface area contributed by atoms with E-state index in [2.05, 4.69) is 28.3 Å². The number of nitrogens with zero attached hydrogens (tertiary/aromatic N) is 2. The average Bonchev–Trinajstić information content (AvgIpc) is 3.41. The number of aryl methyl sites for hydroxylation is 1. The molecule has 0 radical (unpaired) electrons. The molecule has 2 aromatic rings. The maximum Gasteiger partial charge on any atom is 0.260 e. The monoisotopic (exact) mass is 402 g/mol. The zero-order valence-corrected chi connectivity index (χ0v) is 17.1. The summed E-state index contributed by atoms with van der Waals surface area (Å²) in [7, 11) is 0. The van der Waals surface area contributed by atoms with Gasteiger partial charge in [-0.15, -0.1) is 11.3 Å². The van der Waals surface area contributed by atoms with Crippen LogP contribution in [0.1, 0.15) is 43.6 Å². The molecule has 0 aliphatic heterocycles. The minimum absolute atomic E-state index is 0.116. The van der Waals surface area contributed by atoms with Crippen LogP contribution < -0.4 is 10.9 Å². The number of rotatable bonds is 5. The Hall–Kier alpha value is -1.85. The van der Waals surface area contributed by atoms with Crippen molar-refractivity contribution in [1.29, 1.82) is 5.26 Å². The molecule has 2 aromatic heterocycles. The van der Waals surface area contributed by atoms with Crippen LogP contribution in [-0.2, 0) is 17.6 Å². The van der Waals surface area contributed by atoms with Crippen molar-refractivity contribution < 1.29 is 4.79 Å². The van der Waals surface area contributed by atoms with Crippen molar-refractivity contribution in [2.75, 3.05) is 5.75 Å². The number of thiophene rings is 1. The second-order valence-corrected chi connectivity index (χ2v) is 9.88. The fourth-order valence-electron chi connectivity index (χ4n) is 3.74. The van der Waals surface area contributed by atoms with Gasteiger partial charge in [-0.05, 0) is 56.4 Å². The van der Waals surface area contributed by atoms with Gasteiger partial charge in [0.25, 0.3) is 5.56 Å². The number of hydrogen-bond acceptors (Lipinski definition) is 6. The van der Waals surface area contributed by atoms with Gasteiger partial charge in [0.15, 0.2) is 5.16 Å². The molecule has 4 rings (SSSR count). The van der Waals surface area contributed by atoms with Crippen LogP contribution in [-0.4, -0.2) is 27.2 Å². The lowest BCUT2D eigenvalue weighted by Crippen LogP contribution is -2.47. The summed E-state index contributed by atoms with van der Waals surface area (Å²) >= 11 is 2.81. The zero-order chi connectivity index (χ0) is 19.2. The third-order valence-electron chi connectivity index (χ3n) is 5.51. The maximum atomic E-state index is 12.6. The number of thioether (sulfide) groups is 1. The Morgan fingerprint density at radius 2 is 2.26 bits per heavy atom. The Morgan fingerprint density at radius 1 is 1.48 bits per heavy atom. The van der Waals surface area contributed by atoms with Gasteiger partial charge >= 0.3 is 0 Å². The van der Waals surface area contributed by atoms with Crippen LogP contribution in [0.15, 0.2) is 9.95 Å². The predicted octanol–water partition coefficient (Wildman–Crippen LogP) is 3.01. The molecule has 2 heterocycles. The summed E-state index contributed by atoms with van der Waals surface area (Å²) in [6, 6.07) is 2.22. The third-order valence-corrected chi connectivity index (χ3v) is 7.53. The first-order valence-corrected chi connectivity index (χ1v) is 11.1. The SMILES string of the molecule is C[C@H]1CCc2c(sc3nc(SCC(=O)N[C@](C)(C#N)C4CC4)[nH]c(=O)c23)C1. The summed E-state index contributed by atoms with van der Waals surface area (Å²) in [6.45, 7) is 4.01. The second-order valence-electron chi connectivity index (χ2n) is 7.83. The lowest BCUT2D eigenvalue weighted by atomic mass is 9.89. The standard InChI is InChI=1S/C19H22N4O2S2/c1-10-3-6-12-13(7-10)27-17-15(12)16(25)21-18(22-17)26-8-14(24)23-19(2,9-20)11-4-5-11/h10-11H,3-8H2,1-2H3,(H,23,24)(H,21,22,25)/t10-,19+/m0/s1. The van der Waals surface area contributed by atoms with Crippen LogP contribution in [0.5, 0.6) is 0 Å². The lowest BCUT2D eigenvalue weighted by Gasteiger charge is -2.22. The highest BCUT2D eigenvalue weighted by molar-refractivity contribution is 7.99. The number of hydrogen-bond donors (Lipinski definition) is 2. The van der Waals surface area contributed by atoms with Crippen molar-refractivity contribution in [2.24, 2.45) is 11.8 Å². The smallest absolute Gasteiger partial charge is 0.260 e. The number of carbonyl (C=O) groups is 1. The zero-order valence-electron chi connectivity index (χ0n) is 15.4. The van der Waals surface area contributed by atoms with E-state index in [9.17, 15) is 14.9 Å². The summed E-state index contributed by atoms with van der Waals surface area (Å²) in [5.74, 6) is 0.798. The van der Waals surface area contributed by atoms with E-state index in [0.717, 1.165) is 47.9 Å². The number of nitrogens with one attached hydrogen (secondary N) is 2. The molecule has 2 aliphatic rings. The number of fused-ring (bicyclic) bond motifs is 3. The Kier molecular flexibility index (Phi) is 4.77. The molecule has 2 atom stereocenters. The van der Waals surface area contributed by atoms with Gasteiger partial charge in [-0.25, -0.2) is 4.98 Å². The van der Waals surface area contributed by atoms with E-state index in [0.29, 0.717) is 11.1 Å². The van der Waals surface area contributed by atoms with Crippen molar-refractivity contribution in [3.63, 3.8) is 0 Å². The summed E-state index contributed by atoms with van der Waals surface area (Å²) in [5.41, 5.74) is 0.242. The molecule has 0 spiro atoms. The number of nitriles is 1. The molecule has 0 saturated heterocycles. The largest absolute Gasteiger partial charge is 0.337 e. The van der Waals surface area contributed by atoms with E-state index in [1.165, 1.54) is 16.6 Å². The summed E-state index contributed by atoms with van der Waals surface area (Å²) in [5, 5.41) is 13.4. The van der Waals surface area contributed by atoms with E-state index in [1.54, 1.807) is 18.3 Å². The van der Waals surface area contributed by atoms with Gasteiger partial charge in [-0.3, -0.25) is 9.59 Å². The summed E-state index contributed by atoms with van der Waals surface area (Å²) in [6.07, 6.45) is 5.00. The highest BCUT2D eigenvalue weighted by atomic mass is 32.2. The highest BCUT2D eigenvalue weighted by Gasteiger charge is 2.42. The molecule has 0 aromatic carbocycles. The van der Waals surface area contributed by atoms with Gasteiger partial charge in [0.1, 0.15) is 10.4 Å². The van der Waals surface area contributed by atoms with Crippen molar-refractivity contribution in [3.8, 4) is 6.07 Å². The van der Waals surface area contributed by atoms with Gasteiger partial charge in [0.05, 0.1) is 17.2 Å². The molecule has 6 nitrogen and oxygen atoms in total. The minimum Gasteiger partial charge on any atom is -0.337 e. The first-order chi connectivity index (χ1) is 12.9. The molecule has 27 heavy (non-hydrogen) atoms. The van der Waals surface area contributed by atoms with E-state index in [-0.39, 0.29) is 23.1 Å². The van der Waals surface area contributed by atoms with E-state index in [4.69, 9.17) is 0 Å². The van der Waals surface area contributed by atoms with E-state index >= 15 is 0 Å². The van der Waals surface area contributed by atoms with Crippen LogP contribution in [0.3, 0.4) is 0 Å². The quantitative estimate of drug-likeness (QED) is 0.592. The van der Waals surface area contributed by atoms with Crippen LogP contribution in [0.25, 0.3) is 10.2 Å². The minimum atomic E-state index is -0.800. The van der Waals surface area contributed by atoms with Crippen LogP contribution >= 0.6 is 23.1 Å². The van der Waals surface area contributed by atoms with Crippen molar-refractivity contribution in [3.05, 3.63) is 20.8 Å². The van der Waals surface area contributed by atoms with Crippen LogP contribution in [0, 0.1) is 23.2 Å². The van der Waals surface area contributed by atoms with E-state index < -0.39 is 5.54 Å². The van der Waals surface area contributed by atoms with Gasteiger partial charge in [-0.1, -0.05) is 18.7 Å². The molecule has 2 N–H and O–H groups in total. The van der Waals surface area contributed by atoms with Gasteiger partial charge < -0.3 is 10.3 Å². The second kappa shape index (κ2) is 6.95. The molecule has 142 valence electrons. The van der Waals surface area contributed by atoms with Gasteiger partial charge in [0, 0.05) is 4.88 Å². The fraction of sp³-hybridized carbons (Fsp3) is 0.579. The molecular formula is C19H22N4O2S2. The molecule has 1 fully saturated rings. The maximum absolute atomic E-state index is 12.6. The number of carbonyl (C=O) groups excluding carboxylic acids is 1. The first-order valence-electron chi connectivity index (χ1n) is 9.29. The Morgan fingerprint density at radius 3 is 2.96 bits per heavy atom. The summed E-state index contributed by atoms with van der Waals surface area (Å²) < 4.78 is 0. The molecule has 0 bridgehead atoms. The number of aromatic nitrogens is 2. The molecular weight excluding hydrogens is 380 g/mol. The highest BCUT2D eigenvalue weighted by Crippen LogP contribution is 2.39. The number of H-pyrrole nitrogens is 1.